The van der Waals surface area contributed by atoms with Crippen LogP contribution in [0, 0.1) is 0 Å². The van der Waals surface area contributed by atoms with E-state index in [0.29, 0.717) is 0 Å². The number of hydrogen-bond acceptors (Lipinski definition) is 3. The van der Waals surface area contributed by atoms with E-state index < -0.39 is 0 Å². The number of hydrogen-bond donors (Lipinski definition) is 3. The first kappa shape index (κ1) is 10.4. The summed E-state index contributed by atoms with van der Waals surface area (Å²) in [6.07, 6.45) is 7.42. The van der Waals surface area contributed by atoms with E-state index in [4.69, 9.17) is 0 Å². The third-order valence-electron chi connectivity index (χ3n) is 3.83. The van der Waals surface area contributed by atoms with Gasteiger partial charge in [0, 0.05) is 11.6 Å². The first-order valence-electron chi connectivity index (χ1n) is 5.82. The van der Waals surface area contributed by atoms with Crippen molar-refractivity contribution >= 4 is 0 Å². The van der Waals surface area contributed by atoms with Gasteiger partial charge in [-0.1, -0.05) is 12.8 Å². The topological polar surface area (TPSA) is 52.5 Å². The van der Waals surface area contributed by atoms with Crippen molar-refractivity contribution in [1.82, 2.24) is 5.32 Å². The van der Waals surface area contributed by atoms with Crippen LogP contribution in [0.5, 0.6) is 0 Å². The van der Waals surface area contributed by atoms with Gasteiger partial charge < -0.3 is 15.5 Å². The highest BCUT2D eigenvalue weighted by atomic mass is 16.3. The average molecular weight is 199 g/mol. The summed E-state index contributed by atoms with van der Waals surface area (Å²) in [7, 11) is 0. The van der Waals surface area contributed by atoms with Crippen LogP contribution in [0.25, 0.3) is 0 Å². The van der Waals surface area contributed by atoms with E-state index in [1.807, 2.05) is 0 Å². The van der Waals surface area contributed by atoms with Gasteiger partial charge in [0.25, 0.3) is 0 Å². The summed E-state index contributed by atoms with van der Waals surface area (Å²) >= 11 is 0. The summed E-state index contributed by atoms with van der Waals surface area (Å²) in [6, 6.07) is 0.222. The first-order chi connectivity index (χ1) is 6.76. The summed E-state index contributed by atoms with van der Waals surface area (Å²) < 4.78 is 0. The summed E-state index contributed by atoms with van der Waals surface area (Å²) in [5, 5.41) is 22.6. The maximum absolute atomic E-state index is 9.72. The predicted octanol–water partition coefficient (Wildman–Crippen LogP) is 0.794. The van der Waals surface area contributed by atoms with Gasteiger partial charge in [0.1, 0.15) is 0 Å². The molecule has 2 rings (SSSR count). The van der Waals surface area contributed by atoms with Crippen molar-refractivity contribution in [2.75, 3.05) is 6.61 Å². The molecule has 2 aliphatic carbocycles. The summed E-state index contributed by atoms with van der Waals surface area (Å²) in [4.78, 5) is 0. The second-order valence-corrected chi connectivity index (χ2v) is 4.89. The van der Waals surface area contributed by atoms with Crippen LogP contribution in [0.4, 0.5) is 0 Å². The molecule has 3 nitrogen and oxygen atoms in total. The fraction of sp³-hybridized carbons (Fsp3) is 1.00. The molecule has 14 heavy (non-hydrogen) atoms. The zero-order chi connectivity index (χ0) is 10.0. The van der Waals surface area contributed by atoms with Crippen LogP contribution in [0.1, 0.15) is 44.9 Å². The zero-order valence-corrected chi connectivity index (χ0v) is 8.71. The fourth-order valence-electron chi connectivity index (χ4n) is 2.90. The minimum absolute atomic E-state index is 0.0734. The molecule has 3 N–H and O–H groups in total. The van der Waals surface area contributed by atoms with E-state index in [1.54, 1.807) is 0 Å². The van der Waals surface area contributed by atoms with Crippen LogP contribution >= 0.6 is 0 Å². The van der Waals surface area contributed by atoms with Gasteiger partial charge in [-0.2, -0.15) is 0 Å². The minimum atomic E-state index is -0.195. The molecule has 0 unspecified atom stereocenters. The van der Waals surface area contributed by atoms with Crippen molar-refractivity contribution < 1.29 is 10.2 Å². The van der Waals surface area contributed by atoms with Crippen LogP contribution in [0.3, 0.4) is 0 Å². The van der Waals surface area contributed by atoms with E-state index in [-0.39, 0.29) is 24.3 Å². The third-order valence-corrected chi connectivity index (χ3v) is 3.83. The molecule has 0 aromatic carbocycles. The lowest BCUT2D eigenvalue weighted by atomic mass is 9.96. The average Bonchev–Trinajstić information content (AvgIpc) is 2.79. The Balaban J connectivity index is 1.93. The molecule has 82 valence electrons. The van der Waals surface area contributed by atoms with Gasteiger partial charge in [-0.05, 0) is 32.1 Å². The molecule has 2 aliphatic rings. The highest BCUT2D eigenvalue weighted by Crippen LogP contribution is 2.32. The van der Waals surface area contributed by atoms with Gasteiger partial charge in [-0.3, -0.25) is 0 Å². The van der Waals surface area contributed by atoms with Crippen LogP contribution in [0.2, 0.25) is 0 Å². The largest absolute Gasteiger partial charge is 0.394 e. The summed E-state index contributed by atoms with van der Waals surface area (Å²) in [6.45, 7) is 0.218. The molecule has 0 bridgehead atoms. The molecule has 2 atom stereocenters. The quantitative estimate of drug-likeness (QED) is 0.630. The molecule has 0 amide bonds. The highest BCUT2D eigenvalue weighted by Gasteiger charge is 2.37. The van der Waals surface area contributed by atoms with Crippen molar-refractivity contribution in [2.24, 2.45) is 0 Å². The Bertz CT molecular complexity index is 190. The molecule has 0 aromatic rings. The van der Waals surface area contributed by atoms with Crippen LogP contribution < -0.4 is 5.32 Å². The van der Waals surface area contributed by atoms with E-state index >= 15 is 0 Å². The monoisotopic (exact) mass is 199 g/mol. The Morgan fingerprint density at radius 2 is 1.86 bits per heavy atom. The van der Waals surface area contributed by atoms with Gasteiger partial charge in [0.2, 0.25) is 0 Å². The standard InChI is InChI=1S/C11H21NO2/c13-8-11(6-1-2-7-11)12-9-4-3-5-10(9)14/h9-10,12-14H,1-8H2/t9-,10-/m0/s1. The predicted molar refractivity (Wildman–Crippen MR) is 55.1 cm³/mol. The van der Waals surface area contributed by atoms with Crippen molar-refractivity contribution in [1.29, 1.82) is 0 Å². The van der Waals surface area contributed by atoms with Gasteiger partial charge in [-0.25, -0.2) is 0 Å². The van der Waals surface area contributed by atoms with E-state index in [9.17, 15) is 10.2 Å². The van der Waals surface area contributed by atoms with Crippen LogP contribution in [-0.4, -0.2) is 34.5 Å². The molecule has 0 heterocycles. The van der Waals surface area contributed by atoms with Gasteiger partial charge >= 0.3 is 0 Å². The molecule has 0 aliphatic heterocycles. The molecule has 0 radical (unpaired) electrons. The van der Waals surface area contributed by atoms with Crippen LogP contribution in [-0.2, 0) is 0 Å². The lowest BCUT2D eigenvalue weighted by Crippen LogP contribution is -2.53. The Kier molecular flexibility index (Phi) is 3.10. The minimum Gasteiger partial charge on any atom is -0.394 e. The van der Waals surface area contributed by atoms with Crippen LogP contribution in [0.15, 0.2) is 0 Å². The molecular formula is C11H21NO2. The maximum Gasteiger partial charge on any atom is 0.0693 e. The molecule has 3 heteroatoms. The van der Waals surface area contributed by atoms with E-state index in [0.717, 1.165) is 32.1 Å². The highest BCUT2D eigenvalue weighted by molar-refractivity contribution is 4.97. The van der Waals surface area contributed by atoms with E-state index in [2.05, 4.69) is 5.32 Å². The Hall–Kier alpha value is -0.120. The fourth-order valence-corrected chi connectivity index (χ4v) is 2.90. The molecule has 2 saturated carbocycles. The normalized spacial score (nSPS) is 36.4. The van der Waals surface area contributed by atoms with Crippen molar-refractivity contribution in [3.8, 4) is 0 Å². The first-order valence-corrected chi connectivity index (χ1v) is 5.82. The second-order valence-electron chi connectivity index (χ2n) is 4.89. The van der Waals surface area contributed by atoms with Crippen molar-refractivity contribution in [3.63, 3.8) is 0 Å². The molecule has 0 spiro atoms. The third kappa shape index (κ3) is 1.95. The van der Waals surface area contributed by atoms with Gasteiger partial charge in [-0.15, -0.1) is 0 Å². The Morgan fingerprint density at radius 3 is 2.36 bits per heavy atom. The second kappa shape index (κ2) is 4.17. The SMILES string of the molecule is OCC1(N[C@H]2CCC[C@@H]2O)CCCC1. The van der Waals surface area contributed by atoms with Gasteiger partial charge in [0.15, 0.2) is 0 Å². The number of rotatable bonds is 3. The lowest BCUT2D eigenvalue weighted by molar-refractivity contribution is 0.0978. The molecule has 0 aromatic heterocycles. The molecular weight excluding hydrogens is 178 g/mol. The smallest absolute Gasteiger partial charge is 0.0693 e. The molecule has 0 saturated heterocycles. The Morgan fingerprint density at radius 1 is 1.14 bits per heavy atom. The number of nitrogens with one attached hydrogen (secondary N) is 1. The van der Waals surface area contributed by atoms with Crippen molar-refractivity contribution in [3.05, 3.63) is 0 Å². The lowest BCUT2D eigenvalue weighted by Gasteiger charge is -2.33. The zero-order valence-electron chi connectivity index (χ0n) is 8.71. The number of aliphatic hydroxyl groups is 2. The maximum atomic E-state index is 9.72. The van der Waals surface area contributed by atoms with Gasteiger partial charge in [0.05, 0.1) is 12.7 Å². The Labute approximate surface area is 85.5 Å². The van der Waals surface area contributed by atoms with Crippen molar-refractivity contribution in [2.45, 2.75) is 62.6 Å². The number of aliphatic hydroxyl groups excluding tert-OH is 2. The molecule has 2 fully saturated rings. The van der Waals surface area contributed by atoms with E-state index in [1.165, 1.54) is 12.8 Å². The summed E-state index contributed by atoms with van der Waals surface area (Å²) in [5.74, 6) is 0. The summed E-state index contributed by atoms with van der Waals surface area (Å²) in [5.41, 5.74) is -0.0734.